The molecule has 2 N–H and O–H groups in total. The van der Waals surface area contributed by atoms with Crippen LogP contribution in [0.4, 0.5) is 0 Å². The summed E-state index contributed by atoms with van der Waals surface area (Å²) >= 11 is 0. The van der Waals surface area contributed by atoms with Gasteiger partial charge in [-0.25, -0.2) is 31.3 Å². The molecule has 0 aliphatic carbocycles. The number of benzene rings is 1. The summed E-state index contributed by atoms with van der Waals surface area (Å²) in [6, 6.07) is 5.86. The largest absolute Gasteiger partial charge is 0.331 e. The summed E-state index contributed by atoms with van der Waals surface area (Å²) < 4.78 is 54.5. The quantitative estimate of drug-likeness (QED) is 0.591. The fourth-order valence-corrected chi connectivity index (χ4v) is 4.09. The Labute approximate surface area is 167 Å². The zero-order valence-corrected chi connectivity index (χ0v) is 18.7. The van der Waals surface area contributed by atoms with E-state index in [1.54, 1.807) is 27.7 Å². The Kier molecular flexibility index (Phi) is 7.24. The van der Waals surface area contributed by atoms with E-state index in [9.17, 15) is 16.8 Å². The molecule has 0 saturated carbocycles. The molecule has 0 aliphatic heterocycles. The minimum Gasteiger partial charge on any atom is -0.331 e. The first kappa shape index (κ1) is 22.8. The first-order valence-electron chi connectivity index (χ1n) is 9.35. The number of nitrogens with one attached hydrogen (secondary N) is 2. The third-order valence-electron chi connectivity index (χ3n) is 4.65. The summed E-state index contributed by atoms with van der Waals surface area (Å²) in [5.74, 6) is 0.791. The maximum Gasteiger partial charge on any atom is 0.213 e. The molecule has 0 fully saturated rings. The zero-order valence-electron chi connectivity index (χ0n) is 17.1. The summed E-state index contributed by atoms with van der Waals surface area (Å²) in [6.45, 7) is 7.20. The van der Waals surface area contributed by atoms with Gasteiger partial charge in [0.25, 0.3) is 0 Å². The van der Waals surface area contributed by atoms with E-state index in [0.717, 1.165) is 22.4 Å². The maximum atomic E-state index is 11.8. The van der Waals surface area contributed by atoms with Crippen LogP contribution in [0.2, 0.25) is 0 Å². The van der Waals surface area contributed by atoms with Crippen LogP contribution < -0.4 is 9.44 Å². The highest BCUT2D eigenvalue weighted by Gasteiger charge is 2.16. The summed E-state index contributed by atoms with van der Waals surface area (Å²) in [7, 11) is -4.66. The molecule has 0 spiro atoms. The molecular formula is C18H30N4O4S2. The van der Waals surface area contributed by atoms with Gasteiger partial charge in [-0.3, -0.25) is 0 Å². The van der Waals surface area contributed by atoms with E-state index in [4.69, 9.17) is 0 Å². The van der Waals surface area contributed by atoms with Gasteiger partial charge in [0.2, 0.25) is 20.0 Å². The van der Waals surface area contributed by atoms with Gasteiger partial charge in [-0.05, 0) is 51.8 Å². The van der Waals surface area contributed by atoms with E-state index in [1.807, 2.05) is 29.8 Å². The highest BCUT2D eigenvalue weighted by Crippen LogP contribution is 2.17. The zero-order chi connectivity index (χ0) is 21.1. The van der Waals surface area contributed by atoms with Gasteiger partial charge in [-0.15, -0.1) is 0 Å². The minimum atomic E-state index is -3.29. The molecule has 1 aromatic carbocycles. The van der Waals surface area contributed by atoms with Gasteiger partial charge < -0.3 is 4.57 Å². The third kappa shape index (κ3) is 5.53. The molecule has 28 heavy (non-hydrogen) atoms. The van der Waals surface area contributed by atoms with Crippen molar-refractivity contribution in [2.75, 3.05) is 13.1 Å². The Bertz CT molecular complexity index is 1030. The summed E-state index contributed by atoms with van der Waals surface area (Å²) in [5, 5.41) is -0.926. The number of sulfonamides is 2. The predicted molar refractivity (Wildman–Crippen MR) is 112 cm³/mol. The van der Waals surface area contributed by atoms with E-state index in [2.05, 4.69) is 14.4 Å². The summed E-state index contributed by atoms with van der Waals surface area (Å²) in [6.07, 6.45) is 1.06. The number of hydrogen-bond donors (Lipinski definition) is 2. The van der Waals surface area contributed by atoms with Crippen LogP contribution in [0, 0.1) is 0 Å². The maximum absolute atomic E-state index is 11.8. The molecule has 1 heterocycles. The van der Waals surface area contributed by atoms with E-state index < -0.39 is 30.5 Å². The van der Waals surface area contributed by atoms with Crippen LogP contribution in [0.25, 0.3) is 11.0 Å². The standard InChI is InChI=1S/C18H30N4O4S2/c1-13(2)27(23,24)19-10-8-15-6-7-17-16(12-15)21-18(22(17)5)9-11-20-28(25,26)14(3)4/h6-7,12-14,19-20H,8-11H2,1-5H3. The highest BCUT2D eigenvalue weighted by atomic mass is 32.2. The molecule has 0 bridgehead atoms. The van der Waals surface area contributed by atoms with E-state index >= 15 is 0 Å². The van der Waals surface area contributed by atoms with Gasteiger partial charge >= 0.3 is 0 Å². The van der Waals surface area contributed by atoms with E-state index in [-0.39, 0.29) is 0 Å². The molecule has 0 unspecified atom stereocenters. The van der Waals surface area contributed by atoms with Crippen LogP contribution in [0.1, 0.15) is 39.1 Å². The van der Waals surface area contributed by atoms with Gasteiger partial charge in [0.05, 0.1) is 21.5 Å². The van der Waals surface area contributed by atoms with E-state index in [0.29, 0.717) is 25.9 Å². The van der Waals surface area contributed by atoms with Crippen LogP contribution >= 0.6 is 0 Å². The van der Waals surface area contributed by atoms with Crippen LogP contribution in [-0.2, 0) is 39.9 Å². The lowest BCUT2D eigenvalue weighted by atomic mass is 10.1. The number of imidazole rings is 1. The first-order valence-corrected chi connectivity index (χ1v) is 12.4. The van der Waals surface area contributed by atoms with Gasteiger partial charge in [-0.2, -0.15) is 0 Å². The number of hydrogen-bond acceptors (Lipinski definition) is 5. The van der Waals surface area contributed by atoms with Gasteiger partial charge in [0.15, 0.2) is 0 Å². The van der Waals surface area contributed by atoms with Gasteiger partial charge in [0.1, 0.15) is 5.82 Å². The van der Waals surface area contributed by atoms with Gasteiger partial charge in [0, 0.05) is 26.6 Å². The smallest absolute Gasteiger partial charge is 0.213 e. The van der Waals surface area contributed by atoms with Crippen molar-refractivity contribution in [1.29, 1.82) is 0 Å². The molecule has 1 aromatic heterocycles. The number of aromatic nitrogens is 2. The second-order valence-electron chi connectivity index (χ2n) is 7.39. The Balaban J connectivity index is 2.05. The van der Waals surface area contributed by atoms with E-state index in [1.165, 1.54) is 0 Å². The molecule has 0 radical (unpaired) electrons. The summed E-state index contributed by atoms with van der Waals surface area (Å²) in [4.78, 5) is 4.61. The number of rotatable bonds is 10. The highest BCUT2D eigenvalue weighted by molar-refractivity contribution is 7.90. The third-order valence-corrected chi connectivity index (χ3v) is 8.34. The Morgan fingerprint density at radius 3 is 2.00 bits per heavy atom. The normalized spacial score (nSPS) is 13.1. The Hall–Kier alpha value is -1.49. The van der Waals surface area contributed by atoms with Crippen molar-refractivity contribution >= 4 is 31.1 Å². The number of nitrogens with zero attached hydrogens (tertiary/aromatic N) is 2. The molecule has 0 saturated heterocycles. The van der Waals surface area contributed by atoms with Crippen LogP contribution in [0.5, 0.6) is 0 Å². The molecule has 2 rings (SSSR count). The molecule has 158 valence electrons. The lowest BCUT2D eigenvalue weighted by Crippen LogP contribution is -2.32. The molecule has 10 heteroatoms. The van der Waals surface area contributed by atoms with Crippen molar-refractivity contribution < 1.29 is 16.8 Å². The average Bonchev–Trinajstić information content (AvgIpc) is 2.90. The van der Waals surface area contributed by atoms with Crippen LogP contribution in [0.15, 0.2) is 18.2 Å². The van der Waals surface area contributed by atoms with Crippen molar-refractivity contribution in [2.45, 2.75) is 51.0 Å². The second kappa shape index (κ2) is 8.89. The van der Waals surface area contributed by atoms with Crippen molar-refractivity contribution in [3.05, 3.63) is 29.6 Å². The fourth-order valence-electron chi connectivity index (χ4n) is 2.65. The SMILES string of the molecule is CC(C)S(=O)(=O)NCCc1ccc2c(c1)nc(CCNS(=O)(=O)C(C)C)n2C. The number of aryl methyl sites for hydroxylation is 1. The van der Waals surface area contributed by atoms with Crippen molar-refractivity contribution in [1.82, 2.24) is 19.0 Å². The second-order valence-corrected chi connectivity index (χ2v) is 12.0. The summed E-state index contributed by atoms with van der Waals surface area (Å²) in [5.41, 5.74) is 2.76. The van der Waals surface area contributed by atoms with Gasteiger partial charge in [-0.1, -0.05) is 6.07 Å². The first-order chi connectivity index (χ1) is 12.9. The van der Waals surface area contributed by atoms with Crippen LogP contribution in [0.3, 0.4) is 0 Å². The monoisotopic (exact) mass is 430 g/mol. The lowest BCUT2D eigenvalue weighted by molar-refractivity contribution is 0.570. The molecule has 8 nitrogen and oxygen atoms in total. The Morgan fingerprint density at radius 1 is 0.929 bits per heavy atom. The number of fused-ring (bicyclic) bond motifs is 1. The minimum absolute atomic E-state index is 0.293. The molecule has 0 atom stereocenters. The lowest BCUT2D eigenvalue weighted by Gasteiger charge is -2.09. The molecule has 2 aromatic rings. The van der Waals surface area contributed by atoms with Crippen molar-refractivity contribution in [3.8, 4) is 0 Å². The predicted octanol–water partition coefficient (Wildman–Crippen LogP) is 1.31. The topological polar surface area (TPSA) is 110 Å². The average molecular weight is 431 g/mol. The van der Waals surface area contributed by atoms with Crippen molar-refractivity contribution in [3.63, 3.8) is 0 Å². The fraction of sp³-hybridized carbons (Fsp3) is 0.611. The molecule has 0 aliphatic rings. The Morgan fingerprint density at radius 2 is 1.46 bits per heavy atom. The molecule has 0 amide bonds. The van der Waals surface area contributed by atoms with Crippen molar-refractivity contribution in [2.24, 2.45) is 7.05 Å². The molecular weight excluding hydrogens is 400 g/mol. The van der Waals surface area contributed by atoms with Crippen LogP contribution in [-0.4, -0.2) is 50.0 Å².